The number of pyridine rings is 1. The standard InChI is InChI=1S/C18H18N4O5/c1-3-13-18(24)21(11(2)17(23)19-12-7-5-4-6-8-12)16-14(27-13)9-10-15(20-16)22(25)26/h4-11,13H,3H2,1-2H3,(H,19,23). The van der Waals surface area contributed by atoms with Gasteiger partial charge in [-0.3, -0.25) is 14.5 Å². The summed E-state index contributed by atoms with van der Waals surface area (Å²) in [5.41, 5.74) is 0.578. The largest absolute Gasteiger partial charge is 0.474 e. The van der Waals surface area contributed by atoms with Crippen molar-refractivity contribution in [3.8, 4) is 5.75 Å². The fraction of sp³-hybridized carbons (Fsp3) is 0.278. The van der Waals surface area contributed by atoms with Crippen LogP contribution in [0, 0.1) is 10.1 Å². The minimum absolute atomic E-state index is 0.0328. The van der Waals surface area contributed by atoms with E-state index < -0.39 is 34.7 Å². The Labute approximate surface area is 155 Å². The highest BCUT2D eigenvalue weighted by Gasteiger charge is 2.42. The Kier molecular flexibility index (Phi) is 5.02. The molecule has 0 saturated heterocycles. The second kappa shape index (κ2) is 7.40. The van der Waals surface area contributed by atoms with Gasteiger partial charge in [-0.05, 0) is 41.5 Å². The maximum atomic E-state index is 12.8. The van der Waals surface area contributed by atoms with Crippen LogP contribution in [0.2, 0.25) is 0 Å². The molecule has 2 atom stereocenters. The Hall–Kier alpha value is -3.49. The molecule has 3 rings (SSSR count). The van der Waals surface area contributed by atoms with Gasteiger partial charge in [-0.15, -0.1) is 0 Å². The van der Waals surface area contributed by atoms with E-state index >= 15 is 0 Å². The molecule has 0 aliphatic carbocycles. The molecule has 140 valence electrons. The SMILES string of the molecule is CCC1Oc2ccc([N+](=O)[O-])nc2N(C(C)C(=O)Nc2ccccc2)C1=O. The van der Waals surface area contributed by atoms with Crippen LogP contribution in [0.15, 0.2) is 42.5 Å². The zero-order valence-electron chi connectivity index (χ0n) is 14.8. The van der Waals surface area contributed by atoms with Crippen molar-refractivity contribution in [2.75, 3.05) is 10.2 Å². The van der Waals surface area contributed by atoms with Gasteiger partial charge < -0.3 is 20.2 Å². The van der Waals surface area contributed by atoms with Gasteiger partial charge in [-0.25, -0.2) is 0 Å². The highest BCUT2D eigenvalue weighted by Crippen LogP contribution is 2.36. The third-order valence-corrected chi connectivity index (χ3v) is 4.20. The number of nitrogens with one attached hydrogen (secondary N) is 1. The number of hydrogen-bond acceptors (Lipinski definition) is 6. The molecule has 1 aromatic heterocycles. The molecule has 1 aromatic carbocycles. The topological polar surface area (TPSA) is 115 Å². The molecule has 2 unspecified atom stereocenters. The molecule has 2 amide bonds. The van der Waals surface area contributed by atoms with Gasteiger partial charge in [0.25, 0.3) is 11.7 Å². The molecule has 2 aromatic rings. The number of para-hydroxylation sites is 1. The molecule has 1 aliphatic heterocycles. The highest BCUT2D eigenvalue weighted by atomic mass is 16.6. The average molecular weight is 370 g/mol. The lowest BCUT2D eigenvalue weighted by molar-refractivity contribution is -0.389. The van der Waals surface area contributed by atoms with E-state index in [2.05, 4.69) is 10.3 Å². The van der Waals surface area contributed by atoms with Crippen LogP contribution in [0.3, 0.4) is 0 Å². The fourth-order valence-corrected chi connectivity index (χ4v) is 2.77. The van der Waals surface area contributed by atoms with E-state index in [0.717, 1.165) is 4.90 Å². The maximum absolute atomic E-state index is 12.8. The number of carbonyl (C=O) groups excluding carboxylic acids is 2. The van der Waals surface area contributed by atoms with Crippen molar-refractivity contribution in [1.82, 2.24) is 4.98 Å². The summed E-state index contributed by atoms with van der Waals surface area (Å²) in [6.07, 6.45) is -0.397. The van der Waals surface area contributed by atoms with Gasteiger partial charge in [0.2, 0.25) is 5.91 Å². The van der Waals surface area contributed by atoms with Gasteiger partial charge in [0.15, 0.2) is 11.9 Å². The van der Waals surface area contributed by atoms with E-state index in [4.69, 9.17) is 4.74 Å². The Morgan fingerprint density at radius 3 is 2.67 bits per heavy atom. The number of amides is 2. The summed E-state index contributed by atoms with van der Waals surface area (Å²) in [5, 5.41) is 13.8. The van der Waals surface area contributed by atoms with Crippen molar-refractivity contribution in [3.05, 3.63) is 52.6 Å². The van der Waals surface area contributed by atoms with Crippen LogP contribution in [0.5, 0.6) is 5.75 Å². The molecule has 2 heterocycles. The number of rotatable bonds is 5. The molecule has 0 bridgehead atoms. The summed E-state index contributed by atoms with van der Waals surface area (Å²) < 4.78 is 5.60. The normalized spacial score (nSPS) is 16.9. The van der Waals surface area contributed by atoms with Crippen LogP contribution >= 0.6 is 0 Å². The Bertz CT molecular complexity index is 887. The first-order chi connectivity index (χ1) is 12.9. The molecule has 0 saturated carbocycles. The van der Waals surface area contributed by atoms with E-state index in [1.54, 1.807) is 38.1 Å². The number of carbonyl (C=O) groups is 2. The molecule has 1 N–H and O–H groups in total. The van der Waals surface area contributed by atoms with E-state index in [9.17, 15) is 19.7 Å². The van der Waals surface area contributed by atoms with Crippen molar-refractivity contribution >= 4 is 29.1 Å². The van der Waals surface area contributed by atoms with E-state index in [-0.39, 0.29) is 11.6 Å². The summed E-state index contributed by atoms with van der Waals surface area (Å²) in [4.78, 5) is 41.0. The Morgan fingerprint density at radius 1 is 1.33 bits per heavy atom. The van der Waals surface area contributed by atoms with Gasteiger partial charge in [-0.2, -0.15) is 0 Å². The molecule has 0 spiro atoms. The van der Waals surface area contributed by atoms with Crippen LogP contribution in [0.4, 0.5) is 17.3 Å². The minimum atomic E-state index is -0.941. The van der Waals surface area contributed by atoms with Gasteiger partial charge in [-0.1, -0.05) is 25.1 Å². The number of ether oxygens (including phenoxy) is 1. The fourth-order valence-electron chi connectivity index (χ4n) is 2.77. The van der Waals surface area contributed by atoms with Gasteiger partial charge in [0.05, 0.1) is 0 Å². The zero-order chi connectivity index (χ0) is 19.6. The third kappa shape index (κ3) is 3.57. The summed E-state index contributed by atoms with van der Waals surface area (Å²) >= 11 is 0. The van der Waals surface area contributed by atoms with Crippen molar-refractivity contribution in [1.29, 1.82) is 0 Å². The number of nitro groups is 1. The number of benzene rings is 1. The lowest BCUT2D eigenvalue weighted by atomic mass is 10.1. The van der Waals surface area contributed by atoms with Crippen LogP contribution in [0.1, 0.15) is 20.3 Å². The summed E-state index contributed by atoms with van der Waals surface area (Å²) in [7, 11) is 0. The molecule has 1 aliphatic rings. The second-order valence-corrected chi connectivity index (χ2v) is 6.00. The van der Waals surface area contributed by atoms with Crippen molar-refractivity contribution in [2.24, 2.45) is 0 Å². The quantitative estimate of drug-likeness (QED) is 0.639. The first kappa shape index (κ1) is 18.3. The smallest absolute Gasteiger partial charge is 0.366 e. The number of fused-ring (bicyclic) bond motifs is 1. The molecule has 9 heteroatoms. The van der Waals surface area contributed by atoms with Crippen LogP contribution in [-0.2, 0) is 9.59 Å². The molecule has 9 nitrogen and oxygen atoms in total. The number of hydrogen-bond donors (Lipinski definition) is 1. The molecular weight excluding hydrogens is 352 g/mol. The summed E-state index contributed by atoms with van der Waals surface area (Å²) in [6, 6.07) is 10.5. The molecular formula is C18H18N4O5. The van der Waals surface area contributed by atoms with Crippen molar-refractivity contribution < 1.29 is 19.2 Å². The van der Waals surface area contributed by atoms with Crippen molar-refractivity contribution in [3.63, 3.8) is 0 Å². The van der Waals surface area contributed by atoms with Crippen molar-refractivity contribution in [2.45, 2.75) is 32.4 Å². The first-order valence-electron chi connectivity index (χ1n) is 8.43. The zero-order valence-corrected chi connectivity index (χ0v) is 14.8. The maximum Gasteiger partial charge on any atom is 0.366 e. The van der Waals surface area contributed by atoms with Gasteiger partial charge in [0, 0.05) is 11.8 Å². The highest BCUT2D eigenvalue weighted by molar-refractivity contribution is 6.07. The summed E-state index contributed by atoms with van der Waals surface area (Å²) in [5.74, 6) is -1.14. The van der Waals surface area contributed by atoms with Crippen LogP contribution in [0.25, 0.3) is 0 Å². The predicted molar refractivity (Wildman–Crippen MR) is 97.6 cm³/mol. The number of anilines is 2. The number of nitrogens with zero attached hydrogens (tertiary/aromatic N) is 3. The monoisotopic (exact) mass is 370 g/mol. The Balaban J connectivity index is 1.96. The molecule has 27 heavy (non-hydrogen) atoms. The lowest BCUT2D eigenvalue weighted by Crippen LogP contribution is -2.53. The minimum Gasteiger partial charge on any atom is -0.474 e. The van der Waals surface area contributed by atoms with Crippen LogP contribution in [-0.4, -0.2) is 33.9 Å². The van der Waals surface area contributed by atoms with E-state index in [0.29, 0.717) is 12.1 Å². The summed E-state index contributed by atoms with van der Waals surface area (Å²) in [6.45, 7) is 3.32. The first-order valence-corrected chi connectivity index (χ1v) is 8.43. The van der Waals surface area contributed by atoms with Gasteiger partial charge in [0.1, 0.15) is 6.04 Å². The third-order valence-electron chi connectivity index (χ3n) is 4.20. The van der Waals surface area contributed by atoms with Crippen LogP contribution < -0.4 is 15.0 Å². The van der Waals surface area contributed by atoms with E-state index in [1.165, 1.54) is 12.1 Å². The average Bonchev–Trinajstić information content (AvgIpc) is 2.67. The molecule has 0 radical (unpaired) electrons. The lowest BCUT2D eigenvalue weighted by Gasteiger charge is -2.33. The van der Waals surface area contributed by atoms with E-state index in [1.807, 2.05) is 6.07 Å². The molecule has 0 fully saturated rings. The Morgan fingerprint density at radius 2 is 2.04 bits per heavy atom. The number of aromatic nitrogens is 1. The van der Waals surface area contributed by atoms with Gasteiger partial charge >= 0.3 is 5.82 Å². The second-order valence-electron chi connectivity index (χ2n) is 6.00. The predicted octanol–water partition coefficient (Wildman–Crippen LogP) is 2.52.